The Kier molecular flexibility index (Phi) is 5.18. The Morgan fingerprint density at radius 1 is 1.27 bits per heavy atom. The lowest BCUT2D eigenvalue weighted by molar-refractivity contribution is -0.126. The average Bonchev–Trinajstić information content (AvgIpc) is 3.08. The number of carbonyl (C=O) groups excluding carboxylic acids is 2. The molecule has 0 saturated carbocycles. The van der Waals surface area contributed by atoms with E-state index in [1.165, 1.54) is 4.90 Å². The average molecular weight is 349 g/mol. The topological polar surface area (TPSA) is 82.4 Å². The second-order valence-corrected chi connectivity index (χ2v) is 6.10. The number of ether oxygens (including phenoxy) is 1. The first-order valence-electron chi connectivity index (χ1n) is 8.32. The highest BCUT2D eigenvalue weighted by atomic mass is 16.5. The van der Waals surface area contributed by atoms with Crippen molar-refractivity contribution in [1.82, 2.24) is 5.32 Å². The van der Waals surface area contributed by atoms with Crippen molar-refractivity contribution >= 4 is 17.5 Å². The van der Waals surface area contributed by atoms with E-state index in [4.69, 9.17) is 4.74 Å². The van der Waals surface area contributed by atoms with Crippen LogP contribution in [0.1, 0.15) is 17.5 Å². The molecule has 2 aromatic carbocycles. The summed E-state index contributed by atoms with van der Waals surface area (Å²) in [5.74, 6) is 0.0316. The minimum absolute atomic E-state index is 0.141. The number of amides is 2. The maximum absolute atomic E-state index is 12.4. The molecule has 132 valence electrons. The van der Waals surface area contributed by atoms with Gasteiger partial charge in [-0.3, -0.25) is 9.59 Å². The number of methoxy groups -OCH3 is 1. The van der Waals surface area contributed by atoms with E-state index in [0.717, 1.165) is 11.3 Å². The molecule has 0 radical (unpaired) electrons. The summed E-state index contributed by atoms with van der Waals surface area (Å²) in [4.78, 5) is 26.3. The fourth-order valence-corrected chi connectivity index (χ4v) is 3.00. The summed E-state index contributed by atoms with van der Waals surface area (Å²) >= 11 is 0. The van der Waals surface area contributed by atoms with E-state index in [9.17, 15) is 14.9 Å². The zero-order valence-electron chi connectivity index (χ0n) is 14.4. The third-order valence-electron chi connectivity index (χ3n) is 4.44. The molecule has 1 heterocycles. The van der Waals surface area contributed by atoms with E-state index in [1.807, 2.05) is 24.3 Å². The summed E-state index contributed by atoms with van der Waals surface area (Å²) in [5, 5.41) is 12.1. The standard InChI is InChI=1S/C20H19N3O3/c1-26-17-8-6-14(7-9-17)12-22-20(25)16-10-19(24)23(13-16)18-5-3-2-4-15(18)11-21/h2-9,16H,10,12-13H2,1H3,(H,22,25). The highest BCUT2D eigenvalue weighted by Gasteiger charge is 2.35. The molecule has 0 bridgehead atoms. The summed E-state index contributed by atoms with van der Waals surface area (Å²) in [5.41, 5.74) is 1.95. The normalized spacial score (nSPS) is 16.2. The third kappa shape index (κ3) is 3.67. The molecular weight excluding hydrogens is 330 g/mol. The smallest absolute Gasteiger partial charge is 0.227 e. The van der Waals surface area contributed by atoms with Crippen LogP contribution in [0.15, 0.2) is 48.5 Å². The van der Waals surface area contributed by atoms with Gasteiger partial charge in [0.2, 0.25) is 11.8 Å². The Bertz CT molecular complexity index is 855. The van der Waals surface area contributed by atoms with Crippen molar-refractivity contribution in [2.75, 3.05) is 18.6 Å². The third-order valence-corrected chi connectivity index (χ3v) is 4.44. The lowest BCUT2D eigenvalue weighted by atomic mass is 10.1. The first kappa shape index (κ1) is 17.5. The lowest BCUT2D eigenvalue weighted by Gasteiger charge is -2.18. The van der Waals surface area contributed by atoms with E-state index in [1.54, 1.807) is 31.4 Å². The Hall–Kier alpha value is -3.33. The molecule has 6 nitrogen and oxygen atoms in total. The van der Waals surface area contributed by atoms with Crippen molar-refractivity contribution in [1.29, 1.82) is 5.26 Å². The lowest BCUT2D eigenvalue weighted by Crippen LogP contribution is -2.32. The highest BCUT2D eigenvalue weighted by molar-refractivity contribution is 6.01. The maximum Gasteiger partial charge on any atom is 0.227 e. The van der Waals surface area contributed by atoms with Gasteiger partial charge in [0.25, 0.3) is 0 Å². The summed E-state index contributed by atoms with van der Waals surface area (Å²) in [6.07, 6.45) is 0.147. The Morgan fingerprint density at radius 3 is 2.69 bits per heavy atom. The van der Waals surface area contributed by atoms with Crippen LogP contribution < -0.4 is 15.0 Å². The van der Waals surface area contributed by atoms with Crippen LogP contribution in [-0.2, 0) is 16.1 Å². The van der Waals surface area contributed by atoms with Crippen LogP contribution in [0.5, 0.6) is 5.75 Å². The zero-order chi connectivity index (χ0) is 18.5. The van der Waals surface area contributed by atoms with E-state index in [2.05, 4.69) is 11.4 Å². The molecule has 1 aliphatic rings. The van der Waals surface area contributed by atoms with Gasteiger partial charge in [0.05, 0.1) is 24.3 Å². The van der Waals surface area contributed by atoms with Crippen LogP contribution in [0.2, 0.25) is 0 Å². The molecule has 2 aromatic rings. The van der Waals surface area contributed by atoms with Crippen molar-refractivity contribution in [2.24, 2.45) is 5.92 Å². The summed E-state index contributed by atoms with van der Waals surface area (Å²) in [6, 6.07) is 16.5. The summed E-state index contributed by atoms with van der Waals surface area (Å²) in [6.45, 7) is 0.675. The molecule has 1 fully saturated rings. The van der Waals surface area contributed by atoms with Crippen LogP contribution in [0, 0.1) is 17.2 Å². The van der Waals surface area contributed by atoms with Gasteiger partial charge in [-0.1, -0.05) is 24.3 Å². The van der Waals surface area contributed by atoms with Gasteiger partial charge in [-0.15, -0.1) is 0 Å². The molecule has 3 rings (SSSR count). The Labute approximate surface area is 152 Å². The van der Waals surface area contributed by atoms with Crippen molar-refractivity contribution in [3.8, 4) is 11.8 Å². The Morgan fingerprint density at radius 2 is 2.00 bits per heavy atom. The van der Waals surface area contributed by atoms with Gasteiger partial charge in [-0.2, -0.15) is 5.26 Å². The second-order valence-electron chi connectivity index (χ2n) is 6.10. The van der Waals surface area contributed by atoms with Crippen LogP contribution in [0.3, 0.4) is 0 Å². The van der Waals surface area contributed by atoms with Gasteiger partial charge >= 0.3 is 0 Å². The largest absolute Gasteiger partial charge is 0.497 e. The molecule has 1 unspecified atom stereocenters. The van der Waals surface area contributed by atoms with Gasteiger partial charge in [0.15, 0.2) is 0 Å². The predicted octanol–water partition coefficient (Wildman–Crippen LogP) is 2.24. The van der Waals surface area contributed by atoms with Crippen molar-refractivity contribution in [2.45, 2.75) is 13.0 Å². The monoisotopic (exact) mass is 349 g/mol. The molecule has 0 aromatic heterocycles. The molecule has 26 heavy (non-hydrogen) atoms. The highest BCUT2D eigenvalue weighted by Crippen LogP contribution is 2.28. The fraction of sp³-hybridized carbons (Fsp3) is 0.250. The number of hydrogen-bond acceptors (Lipinski definition) is 4. The first-order valence-corrected chi connectivity index (χ1v) is 8.32. The van der Waals surface area contributed by atoms with Crippen molar-refractivity contribution in [3.63, 3.8) is 0 Å². The number of para-hydroxylation sites is 1. The van der Waals surface area contributed by atoms with Crippen LogP contribution in [0.25, 0.3) is 0 Å². The number of carbonyl (C=O) groups is 2. The summed E-state index contributed by atoms with van der Waals surface area (Å²) < 4.78 is 5.11. The van der Waals surface area contributed by atoms with Gasteiger partial charge in [-0.05, 0) is 29.8 Å². The SMILES string of the molecule is COc1ccc(CNC(=O)C2CC(=O)N(c3ccccc3C#N)C2)cc1. The van der Waals surface area contributed by atoms with Crippen LogP contribution in [-0.4, -0.2) is 25.5 Å². The minimum atomic E-state index is -0.424. The van der Waals surface area contributed by atoms with E-state index in [-0.39, 0.29) is 24.8 Å². The van der Waals surface area contributed by atoms with Gasteiger partial charge in [0, 0.05) is 19.5 Å². The number of hydrogen-bond donors (Lipinski definition) is 1. The second kappa shape index (κ2) is 7.70. The number of benzene rings is 2. The van der Waals surface area contributed by atoms with Crippen LogP contribution in [0.4, 0.5) is 5.69 Å². The Balaban J connectivity index is 1.62. The van der Waals surface area contributed by atoms with E-state index >= 15 is 0 Å². The molecule has 1 atom stereocenters. The van der Waals surface area contributed by atoms with Gasteiger partial charge < -0.3 is 15.0 Å². The molecule has 1 N–H and O–H groups in total. The van der Waals surface area contributed by atoms with Crippen LogP contribution >= 0.6 is 0 Å². The summed E-state index contributed by atoms with van der Waals surface area (Å²) in [7, 11) is 1.60. The zero-order valence-corrected chi connectivity index (χ0v) is 14.4. The van der Waals surface area contributed by atoms with Crippen molar-refractivity contribution < 1.29 is 14.3 Å². The molecule has 0 aliphatic carbocycles. The molecule has 2 amide bonds. The van der Waals surface area contributed by atoms with Gasteiger partial charge in [-0.25, -0.2) is 0 Å². The van der Waals surface area contributed by atoms with Crippen molar-refractivity contribution in [3.05, 3.63) is 59.7 Å². The number of nitrogens with one attached hydrogen (secondary N) is 1. The van der Waals surface area contributed by atoms with E-state index < -0.39 is 5.92 Å². The number of anilines is 1. The predicted molar refractivity (Wildman–Crippen MR) is 96.5 cm³/mol. The number of rotatable bonds is 5. The minimum Gasteiger partial charge on any atom is -0.497 e. The number of nitriles is 1. The molecule has 6 heteroatoms. The molecular formula is C20H19N3O3. The molecule has 1 aliphatic heterocycles. The maximum atomic E-state index is 12.4. The fourth-order valence-electron chi connectivity index (χ4n) is 3.00. The quantitative estimate of drug-likeness (QED) is 0.897. The number of nitrogens with zero attached hydrogens (tertiary/aromatic N) is 2. The first-order chi connectivity index (χ1) is 12.6. The molecule has 1 saturated heterocycles. The van der Waals surface area contributed by atoms with E-state index in [0.29, 0.717) is 17.8 Å². The van der Waals surface area contributed by atoms with Gasteiger partial charge in [0.1, 0.15) is 11.8 Å². The molecule has 0 spiro atoms.